The molecule has 0 aromatic rings. The van der Waals surface area contributed by atoms with Crippen molar-refractivity contribution < 1.29 is 19.1 Å². The van der Waals surface area contributed by atoms with E-state index in [2.05, 4.69) is 41.5 Å². The average Bonchev–Trinajstić information content (AvgIpc) is 2.39. The van der Waals surface area contributed by atoms with Crippen LogP contribution in [0.3, 0.4) is 0 Å². The van der Waals surface area contributed by atoms with Crippen LogP contribution in [0, 0.1) is 10.8 Å². The van der Waals surface area contributed by atoms with E-state index in [1.165, 1.54) is 0 Å². The largest absolute Gasteiger partial charge is 0.462 e. The Labute approximate surface area is 142 Å². The highest BCUT2D eigenvalue weighted by molar-refractivity contribution is 5.72. The van der Waals surface area contributed by atoms with E-state index < -0.39 is 0 Å². The molecular weight excluding hydrogens is 292 g/mol. The standard InChI is InChI=1S/C19H36O4/c1-9-14(18(3,4)5)22-16(20)12-11-13-17(21)23-15(10-2)19(6,7)8/h14-15H,9-13H2,1-8H3. The topological polar surface area (TPSA) is 52.6 Å². The number of ether oxygens (including phenoxy) is 2. The summed E-state index contributed by atoms with van der Waals surface area (Å²) in [7, 11) is 0. The van der Waals surface area contributed by atoms with Crippen molar-refractivity contribution in [1.82, 2.24) is 0 Å². The van der Waals surface area contributed by atoms with E-state index in [0.717, 1.165) is 12.8 Å². The fourth-order valence-electron chi connectivity index (χ4n) is 2.56. The molecule has 0 fully saturated rings. The van der Waals surface area contributed by atoms with Gasteiger partial charge in [0.2, 0.25) is 0 Å². The number of carbonyl (C=O) groups is 2. The first-order chi connectivity index (χ1) is 10.4. The van der Waals surface area contributed by atoms with Crippen molar-refractivity contribution in [3.63, 3.8) is 0 Å². The van der Waals surface area contributed by atoms with Crippen LogP contribution in [-0.4, -0.2) is 24.1 Å². The molecule has 136 valence electrons. The summed E-state index contributed by atoms with van der Waals surface area (Å²) in [6.07, 6.45) is 2.39. The molecule has 0 aliphatic heterocycles. The Morgan fingerprint density at radius 2 is 1.04 bits per heavy atom. The Hall–Kier alpha value is -1.06. The van der Waals surface area contributed by atoms with E-state index in [9.17, 15) is 9.59 Å². The third kappa shape index (κ3) is 8.97. The quantitative estimate of drug-likeness (QED) is 0.595. The van der Waals surface area contributed by atoms with Crippen molar-refractivity contribution in [1.29, 1.82) is 0 Å². The Morgan fingerprint density at radius 3 is 1.26 bits per heavy atom. The van der Waals surface area contributed by atoms with Crippen LogP contribution >= 0.6 is 0 Å². The molecule has 0 amide bonds. The van der Waals surface area contributed by atoms with Gasteiger partial charge in [-0.25, -0.2) is 0 Å². The van der Waals surface area contributed by atoms with E-state index in [-0.39, 0.29) is 47.8 Å². The zero-order valence-corrected chi connectivity index (χ0v) is 16.3. The summed E-state index contributed by atoms with van der Waals surface area (Å²) in [6, 6.07) is 0. The number of rotatable bonds is 8. The van der Waals surface area contributed by atoms with E-state index in [1.54, 1.807) is 0 Å². The summed E-state index contributed by atoms with van der Waals surface area (Å²) >= 11 is 0. The van der Waals surface area contributed by atoms with Gasteiger partial charge in [0.1, 0.15) is 12.2 Å². The highest BCUT2D eigenvalue weighted by Crippen LogP contribution is 2.26. The lowest BCUT2D eigenvalue weighted by atomic mass is 9.87. The lowest BCUT2D eigenvalue weighted by Crippen LogP contribution is -2.31. The van der Waals surface area contributed by atoms with E-state index in [1.807, 2.05) is 13.8 Å². The van der Waals surface area contributed by atoms with Gasteiger partial charge in [-0.3, -0.25) is 9.59 Å². The van der Waals surface area contributed by atoms with Crippen molar-refractivity contribution >= 4 is 11.9 Å². The Kier molecular flexibility index (Phi) is 8.86. The van der Waals surface area contributed by atoms with Crippen LogP contribution in [0.25, 0.3) is 0 Å². The fraction of sp³-hybridized carbons (Fsp3) is 0.895. The van der Waals surface area contributed by atoms with E-state index in [4.69, 9.17) is 9.47 Å². The van der Waals surface area contributed by atoms with E-state index >= 15 is 0 Å². The minimum Gasteiger partial charge on any atom is -0.462 e. The molecule has 0 aromatic heterocycles. The Morgan fingerprint density at radius 1 is 0.739 bits per heavy atom. The maximum Gasteiger partial charge on any atom is 0.306 e. The summed E-state index contributed by atoms with van der Waals surface area (Å²) in [5.41, 5.74) is -0.130. The molecule has 0 saturated heterocycles. The molecule has 0 aromatic carbocycles. The lowest BCUT2D eigenvalue weighted by Gasteiger charge is -2.29. The smallest absolute Gasteiger partial charge is 0.306 e. The van der Waals surface area contributed by atoms with Crippen molar-refractivity contribution in [2.75, 3.05) is 0 Å². The van der Waals surface area contributed by atoms with Gasteiger partial charge < -0.3 is 9.47 Å². The first kappa shape index (κ1) is 21.9. The van der Waals surface area contributed by atoms with Crippen LogP contribution in [0.15, 0.2) is 0 Å². The molecule has 0 N–H and O–H groups in total. The Balaban J connectivity index is 4.20. The normalized spacial score (nSPS) is 15.0. The molecular formula is C19H36O4. The molecule has 0 aliphatic rings. The first-order valence-electron chi connectivity index (χ1n) is 8.80. The summed E-state index contributed by atoms with van der Waals surface area (Å²) in [4.78, 5) is 23.8. The van der Waals surface area contributed by atoms with Gasteiger partial charge in [0.15, 0.2) is 0 Å². The highest BCUT2D eigenvalue weighted by Gasteiger charge is 2.28. The monoisotopic (exact) mass is 328 g/mol. The van der Waals surface area contributed by atoms with Crippen LogP contribution in [0.1, 0.15) is 87.5 Å². The van der Waals surface area contributed by atoms with Crippen molar-refractivity contribution in [2.24, 2.45) is 10.8 Å². The summed E-state index contributed by atoms with van der Waals surface area (Å²) in [5, 5.41) is 0. The second kappa shape index (κ2) is 9.29. The van der Waals surface area contributed by atoms with Gasteiger partial charge in [0.25, 0.3) is 0 Å². The minimum absolute atomic E-state index is 0.0651. The molecule has 0 radical (unpaired) electrons. The zero-order valence-electron chi connectivity index (χ0n) is 16.3. The van der Waals surface area contributed by atoms with Crippen molar-refractivity contribution in [3.05, 3.63) is 0 Å². The Bertz CT molecular complexity index is 338. The number of hydrogen-bond acceptors (Lipinski definition) is 4. The molecule has 0 bridgehead atoms. The lowest BCUT2D eigenvalue weighted by molar-refractivity contribution is -0.157. The van der Waals surface area contributed by atoms with Crippen LogP contribution < -0.4 is 0 Å². The van der Waals surface area contributed by atoms with Crippen molar-refractivity contribution in [2.45, 2.75) is 99.7 Å². The minimum atomic E-state index is -0.234. The van der Waals surface area contributed by atoms with Crippen LogP contribution in [0.4, 0.5) is 0 Å². The molecule has 0 rings (SSSR count). The fourth-order valence-corrected chi connectivity index (χ4v) is 2.56. The van der Waals surface area contributed by atoms with E-state index in [0.29, 0.717) is 6.42 Å². The summed E-state index contributed by atoms with van der Waals surface area (Å²) < 4.78 is 11.0. The van der Waals surface area contributed by atoms with Gasteiger partial charge in [0, 0.05) is 12.8 Å². The zero-order chi connectivity index (χ0) is 18.3. The molecule has 23 heavy (non-hydrogen) atoms. The van der Waals surface area contributed by atoms with Crippen LogP contribution in [-0.2, 0) is 19.1 Å². The molecule has 0 heterocycles. The van der Waals surface area contributed by atoms with Gasteiger partial charge in [-0.2, -0.15) is 0 Å². The predicted octanol–water partition coefficient (Wildman–Crippen LogP) is 4.89. The summed E-state index contributed by atoms with van der Waals surface area (Å²) in [6.45, 7) is 16.4. The number of carbonyl (C=O) groups excluding carboxylic acids is 2. The predicted molar refractivity (Wildman–Crippen MR) is 93.1 cm³/mol. The number of hydrogen-bond donors (Lipinski definition) is 0. The van der Waals surface area contributed by atoms with Crippen LogP contribution in [0.2, 0.25) is 0 Å². The van der Waals surface area contributed by atoms with Gasteiger partial charge in [-0.1, -0.05) is 55.4 Å². The number of esters is 2. The van der Waals surface area contributed by atoms with Gasteiger partial charge >= 0.3 is 11.9 Å². The molecule has 2 unspecified atom stereocenters. The van der Waals surface area contributed by atoms with Gasteiger partial charge in [0.05, 0.1) is 0 Å². The van der Waals surface area contributed by atoms with Crippen molar-refractivity contribution in [3.8, 4) is 0 Å². The second-order valence-electron chi connectivity index (χ2n) is 8.36. The molecule has 4 nitrogen and oxygen atoms in total. The molecule has 4 heteroatoms. The first-order valence-corrected chi connectivity index (χ1v) is 8.80. The maximum absolute atomic E-state index is 11.9. The SMILES string of the molecule is CCC(OC(=O)CCCC(=O)OC(CC)C(C)(C)C)C(C)(C)C. The molecule has 0 spiro atoms. The average molecular weight is 328 g/mol. The second-order valence-corrected chi connectivity index (χ2v) is 8.36. The summed E-state index contributed by atoms with van der Waals surface area (Å²) in [5.74, 6) is -0.468. The maximum atomic E-state index is 11.9. The van der Waals surface area contributed by atoms with Gasteiger partial charge in [-0.15, -0.1) is 0 Å². The third-order valence-electron chi connectivity index (χ3n) is 3.98. The van der Waals surface area contributed by atoms with Gasteiger partial charge in [-0.05, 0) is 30.1 Å². The molecule has 0 saturated carbocycles. The third-order valence-corrected chi connectivity index (χ3v) is 3.98. The molecule has 2 atom stereocenters. The van der Waals surface area contributed by atoms with Crippen LogP contribution in [0.5, 0.6) is 0 Å². The highest BCUT2D eigenvalue weighted by atomic mass is 16.5. The molecule has 0 aliphatic carbocycles.